The molecule has 0 amide bonds. The lowest BCUT2D eigenvalue weighted by atomic mass is 10.1. The molecule has 0 saturated carbocycles. The second kappa shape index (κ2) is 4.38. The molecule has 1 aromatic carbocycles. The van der Waals surface area contributed by atoms with Gasteiger partial charge in [-0.25, -0.2) is 0 Å². The molecule has 1 rings (SSSR count). The van der Waals surface area contributed by atoms with Crippen molar-refractivity contribution < 1.29 is 0 Å². The van der Waals surface area contributed by atoms with Crippen LogP contribution >= 0.6 is 0 Å². The highest BCUT2D eigenvalue weighted by atomic mass is 15.1. The van der Waals surface area contributed by atoms with E-state index in [1.54, 1.807) is 6.07 Å². The van der Waals surface area contributed by atoms with E-state index in [4.69, 9.17) is 11.3 Å². The number of rotatable bonds is 3. The summed E-state index contributed by atoms with van der Waals surface area (Å²) in [5.74, 6) is 0. The number of nitrogens with zero attached hydrogens (tertiary/aromatic N) is 3. The molecule has 0 bridgehead atoms. The molecule has 62 valence electrons. The lowest BCUT2D eigenvalue weighted by molar-refractivity contribution is 0.969. The Bertz CT molecular complexity index is 302. The van der Waals surface area contributed by atoms with Gasteiger partial charge in [0, 0.05) is 10.6 Å². The first-order chi connectivity index (χ1) is 5.86. The van der Waals surface area contributed by atoms with Crippen LogP contribution in [0, 0.1) is 0 Å². The van der Waals surface area contributed by atoms with Crippen LogP contribution in [0.1, 0.15) is 5.56 Å². The predicted octanol–water partition coefficient (Wildman–Crippen LogP) is 2.13. The van der Waals surface area contributed by atoms with Crippen molar-refractivity contribution in [3.05, 3.63) is 40.3 Å². The number of azide groups is 1. The average molecular weight is 162 g/mol. The zero-order valence-electron chi connectivity index (χ0n) is 6.64. The zero-order valence-corrected chi connectivity index (χ0v) is 6.64. The number of nitrogens with two attached hydrogens (primary N) is 1. The largest absolute Gasteiger partial charge is 0.330 e. The van der Waals surface area contributed by atoms with Crippen molar-refractivity contribution in [3.63, 3.8) is 0 Å². The summed E-state index contributed by atoms with van der Waals surface area (Å²) in [4.78, 5) is 2.70. The molecule has 0 fully saturated rings. The van der Waals surface area contributed by atoms with Gasteiger partial charge >= 0.3 is 0 Å². The van der Waals surface area contributed by atoms with Crippen molar-refractivity contribution in [3.8, 4) is 0 Å². The van der Waals surface area contributed by atoms with E-state index in [9.17, 15) is 0 Å². The van der Waals surface area contributed by atoms with Gasteiger partial charge in [-0.3, -0.25) is 0 Å². The molecule has 0 aliphatic carbocycles. The third kappa shape index (κ3) is 2.27. The van der Waals surface area contributed by atoms with E-state index in [0.29, 0.717) is 12.2 Å². The number of hydrogen-bond donors (Lipinski definition) is 1. The summed E-state index contributed by atoms with van der Waals surface area (Å²) < 4.78 is 0. The molecule has 2 N–H and O–H groups in total. The molecule has 0 aromatic heterocycles. The van der Waals surface area contributed by atoms with Gasteiger partial charge in [-0.05, 0) is 30.1 Å². The van der Waals surface area contributed by atoms with Crippen molar-refractivity contribution >= 4 is 5.69 Å². The van der Waals surface area contributed by atoms with Crippen LogP contribution in [0.5, 0.6) is 0 Å². The molecule has 0 aliphatic rings. The second-order valence-electron chi connectivity index (χ2n) is 2.40. The van der Waals surface area contributed by atoms with Crippen molar-refractivity contribution in [1.82, 2.24) is 0 Å². The molecule has 1 aromatic rings. The highest BCUT2D eigenvalue weighted by Gasteiger charge is 1.91. The summed E-state index contributed by atoms with van der Waals surface area (Å²) in [7, 11) is 0. The average Bonchev–Trinajstić information content (AvgIpc) is 2.06. The topological polar surface area (TPSA) is 74.8 Å². The third-order valence-electron chi connectivity index (χ3n) is 1.50. The van der Waals surface area contributed by atoms with E-state index in [0.717, 1.165) is 12.0 Å². The minimum absolute atomic E-state index is 0.611. The van der Waals surface area contributed by atoms with Gasteiger partial charge in [0.1, 0.15) is 0 Å². The SMILES string of the molecule is [N-]=[N+]=Nc1cccc(CCN)c1. The minimum Gasteiger partial charge on any atom is -0.330 e. The van der Waals surface area contributed by atoms with Gasteiger partial charge in [-0.15, -0.1) is 0 Å². The van der Waals surface area contributed by atoms with Crippen molar-refractivity contribution in [2.45, 2.75) is 6.42 Å². The Kier molecular flexibility index (Phi) is 3.14. The molecule has 0 saturated heterocycles. The zero-order chi connectivity index (χ0) is 8.81. The van der Waals surface area contributed by atoms with Crippen molar-refractivity contribution in [2.24, 2.45) is 10.8 Å². The fourth-order valence-corrected chi connectivity index (χ4v) is 0.992. The lowest BCUT2D eigenvalue weighted by Gasteiger charge is -1.98. The smallest absolute Gasteiger partial charge is 0.0378 e. The third-order valence-corrected chi connectivity index (χ3v) is 1.50. The van der Waals surface area contributed by atoms with Crippen LogP contribution in [0.3, 0.4) is 0 Å². The van der Waals surface area contributed by atoms with Crippen LogP contribution < -0.4 is 5.73 Å². The molecule has 0 spiro atoms. The molecule has 0 atom stereocenters. The molecule has 4 heteroatoms. The van der Waals surface area contributed by atoms with Crippen LogP contribution in [0.25, 0.3) is 10.4 Å². The summed E-state index contributed by atoms with van der Waals surface area (Å²) >= 11 is 0. The Morgan fingerprint density at radius 3 is 3.00 bits per heavy atom. The first-order valence-electron chi connectivity index (χ1n) is 3.71. The summed E-state index contributed by atoms with van der Waals surface area (Å²) in [6, 6.07) is 7.42. The maximum absolute atomic E-state index is 8.17. The van der Waals surface area contributed by atoms with Gasteiger partial charge in [-0.1, -0.05) is 23.3 Å². The minimum atomic E-state index is 0.611. The monoisotopic (exact) mass is 162 g/mol. The fraction of sp³-hybridized carbons (Fsp3) is 0.250. The summed E-state index contributed by atoms with van der Waals surface area (Å²) in [5.41, 5.74) is 15.3. The Balaban J connectivity index is 2.87. The predicted molar refractivity (Wildman–Crippen MR) is 48.0 cm³/mol. The van der Waals surface area contributed by atoms with Crippen molar-refractivity contribution in [2.75, 3.05) is 6.54 Å². The van der Waals surface area contributed by atoms with Gasteiger partial charge in [0.2, 0.25) is 0 Å². The highest BCUT2D eigenvalue weighted by molar-refractivity contribution is 5.39. The van der Waals surface area contributed by atoms with E-state index < -0.39 is 0 Å². The van der Waals surface area contributed by atoms with Gasteiger partial charge in [0.05, 0.1) is 0 Å². The van der Waals surface area contributed by atoms with E-state index in [1.165, 1.54) is 0 Å². The summed E-state index contributed by atoms with van der Waals surface area (Å²) in [6.45, 7) is 0.611. The molecule has 0 aliphatic heterocycles. The van der Waals surface area contributed by atoms with Crippen molar-refractivity contribution in [1.29, 1.82) is 0 Å². The maximum Gasteiger partial charge on any atom is 0.0378 e. The van der Waals surface area contributed by atoms with E-state index in [2.05, 4.69) is 10.0 Å². The Labute approximate surface area is 70.6 Å². The van der Waals surface area contributed by atoms with Crippen LogP contribution in [0.2, 0.25) is 0 Å². The number of benzene rings is 1. The van der Waals surface area contributed by atoms with Gasteiger partial charge < -0.3 is 5.73 Å². The Morgan fingerprint density at radius 1 is 1.50 bits per heavy atom. The standard InChI is InChI=1S/C8H10N4/c9-5-4-7-2-1-3-8(6-7)11-12-10/h1-3,6H,4-5,9H2. The Hall–Kier alpha value is -1.51. The van der Waals surface area contributed by atoms with Crippen LogP contribution in [0.4, 0.5) is 5.69 Å². The van der Waals surface area contributed by atoms with Gasteiger partial charge in [0.25, 0.3) is 0 Å². The summed E-state index contributed by atoms with van der Waals surface area (Å²) in [6.07, 6.45) is 0.814. The Morgan fingerprint density at radius 2 is 2.33 bits per heavy atom. The molecule has 0 heterocycles. The molecular weight excluding hydrogens is 152 g/mol. The van der Waals surface area contributed by atoms with Crippen LogP contribution in [0.15, 0.2) is 29.4 Å². The lowest BCUT2D eigenvalue weighted by Crippen LogP contribution is -2.01. The molecule has 4 nitrogen and oxygen atoms in total. The molecule has 0 unspecified atom stereocenters. The van der Waals surface area contributed by atoms with E-state index in [1.807, 2.05) is 18.2 Å². The molecular formula is C8H10N4. The molecule has 12 heavy (non-hydrogen) atoms. The maximum atomic E-state index is 8.17. The summed E-state index contributed by atoms with van der Waals surface area (Å²) in [5, 5.41) is 3.49. The quantitative estimate of drug-likeness (QED) is 0.412. The first kappa shape index (κ1) is 8.59. The van der Waals surface area contributed by atoms with E-state index >= 15 is 0 Å². The van der Waals surface area contributed by atoms with Crippen LogP contribution in [-0.2, 0) is 6.42 Å². The normalized spacial score (nSPS) is 9.08. The number of hydrogen-bond acceptors (Lipinski definition) is 2. The second-order valence-corrected chi connectivity index (χ2v) is 2.40. The first-order valence-corrected chi connectivity index (χ1v) is 3.71. The van der Waals surface area contributed by atoms with Crippen LogP contribution in [-0.4, -0.2) is 6.54 Å². The van der Waals surface area contributed by atoms with Gasteiger partial charge in [-0.2, -0.15) is 0 Å². The van der Waals surface area contributed by atoms with E-state index in [-0.39, 0.29) is 0 Å². The molecule has 0 radical (unpaired) electrons. The highest BCUT2D eigenvalue weighted by Crippen LogP contribution is 2.13. The van der Waals surface area contributed by atoms with Gasteiger partial charge in [0.15, 0.2) is 0 Å². The fourth-order valence-electron chi connectivity index (χ4n) is 0.992.